The average Bonchev–Trinajstić information content (AvgIpc) is 2.89. The third kappa shape index (κ3) is 3.20. The van der Waals surface area contributed by atoms with Crippen molar-refractivity contribution in [3.8, 4) is 5.75 Å². The van der Waals surface area contributed by atoms with Crippen molar-refractivity contribution in [2.45, 2.75) is 39.3 Å². The Morgan fingerprint density at radius 2 is 1.90 bits per heavy atom. The van der Waals surface area contributed by atoms with Gasteiger partial charge in [-0.05, 0) is 36.6 Å². The van der Waals surface area contributed by atoms with Crippen molar-refractivity contribution in [2.75, 3.05) is 7.11 Å². The number of aromatic nitrogens is 2. The summed E-state index contributed by atoms with van der Waals surface area (Å²) < 4.78 is 7.03. The molecule has 0 aliphatic carbocycles. The number of hydrogen-bond donors (Lipinski definition) is 1. The first-order chi connectivity index (χ1) is 9.67. The zero-order valence-corrected chi connectivity index (χ0v) is 12.3. The minimum Gasteiger partial charge on any atom is -0.497 e. The molecule has 2 aromatic rings. The molecule has 0 radical (unpaired) electrons. The summed E-state index contributed by atoms with van der Waals surface area (Å²) in [6.45, 7) is 4.67. The summed E-state index contributed by atoms with van der Waals surface area (Å²) in [5.41, 5.74) is 3.11. The molecule has 0 saturated heterocycles. The maximum atomic E-state index is 10.3. The number of ether oxygens (including phenoxy) is 1. The van der Waals surface area contributed by atoms with E-state index in [1.807, 2.05) is 28.9 Å². The molecule has 4 nitrogen and oxygen atoms in total. The number of aryl methyl sites for hydroxylation is 2. The molecule has 20 heavy (non-hydrogen) atoms. The number of benzene rings is 1. The summed E-state index contributed by atoms with van der Waals surface area (Å²) in [7, 11) is 1.63. The Morgan fingerprint density at radius 1 is 1.20 bits per heavy atom. The van der Waals surface area contributed by atoms with Gasteiger partial charge in [0.15, 0.2) is 0 Å². The van der Waals surface area contributed by atoms with E-state index in [1.54, 1.807) is 7.11 Å². The van der Waals surface area contributed by atoms with Crippen molar-refractivity contribution in [3.63, 3.8) is 0 Å². The third-order valence-corrected chi connectivity index (χ3v) is 3.48. The molecular weight excluding hydrogens is 252 g/mol. The Balaban J connectivity index is 2.13. The lowest BCUT2D eigenvalue weighted by molar-refractivity contribution is 0.150. The van der Waals surface area contributed by atoms with Crippen LogP contribution in [0.2, 0.25) is 0 Å². The molecule has 4 heteroatoms. The summed E-state index contributed by atoms with van der Waals surface area (Å²) in [5.74, 6) is 0.794. The maximum absolute atomic E-state index is 10.3. The summed E-state index contributed by atoms with van der Waals surface area (Å²) in [6, 6.07) is 9.61. The van der Waals surface area contributed by atoms with Crippen LogP contribution in [0.15, 0.2) is 30.3 Å². The minimum absolute atomic E-state index is 0.482. The normalized spacial score (nSPS) is 12.4. The summed E-state index contributed by atoms with van der Waals surface area (Å²) in [5, 5.41) is 14.9. The van der Waals surface area contributed by atoms with Gasteiger partial charge in [-0.3, -0.25) is 4.68 Å². The van der Waals surface area contributed by atoms with E-state index in [0.29, 0.717) is 6.54 Å². The lowest BCUT2D eigenvalue weighted by Crippen LogP contribution is -2.12. The topological polar surface area (TPSA) is 47.3 Å². The molecule has 0 fully saturated rings. The fraction of sp³-hybridized carbons (Fsp3) is 0.438. The Labute approximate surface area is 120 Å². The molecule has 0 aliphatic rings. The van der Waals surface area contributed by atoms with Crippen LogP contribution in [0.25, 0.3) is 0 Å². The van der Waals surface area contributed by atoms with Crippen LogP contribution < -0.4 is 4.74 Å². The van der Waals surface area contributed by atoms with Crippen LogP contribution in [0.1, 0.15) is 36.9 Å². The molecule has 0 saturated carbocycles. The minimum atomic E-state index is -0.559. The molecule has 1 unspecified atom stereocenters. The van der Waals surface area contributed by atoms with E-state index in [4.69, 9.17) is 4.74 Å². The predicted octanol–water partition coefficient (Wildman–Crippen LogP) is 2.75. The third-order valence-electron chi connectivity index (χ3n) is 3.48. The van der Waals surface area contributed by atoms with Crippen LogP contribution in [-0.4, -0.2) is 22.0 Å². The number of aliphatic hydroxyl groups excluding tert-OH is 1. The highest BCUT2D eigenvalue weighted by atomic mass is 16.5. The molecule has 1 aromatic heterocycles. The largest absolute Gasteiger partial charge is 0.497 e. The van der Waals surface area contributed by atoms with Crippen molar-refractivity contribution in [2.24, 2.45) is 0 Å². The zero-order valence-electron chi connectivity index (χ0n) is 12.3. The number of nitrogens with zero attached hydrogens (tertiary/aromatic N) is 2. The lowest BCUT2D eigenvalue weighted by Gasteiger charge is -2.13. The van der Waals surface area contributed by atoms with E-state index in [9.17, 15) is 5.11 Å². The second-order valence-corrected chi connectivity index (χ2v) is 4.81. The van der Waals surface area contributed by atoms with Crippen LogP contribution in [-0.2, 0) is 19.4 Å². The number of methoxy groups -OCH3 is 1. The molecule has 0 amide bonds. The Morgan fingerprint density at radius 3 is 2.45 bits per heavy atom. The monoisotopic (exact) mass is 274 g/mol. The van der Waals surface area contributed by atoms with Crippen LogP contribution in [0, 0.1) is 0 Å². The van der Waals surface area contributed by atoms with Gasteiger partial charge >= 0.3 is 0 Å². The van der Waals surface area contributed by atoms with Crippen LogP contribution in [0.4, 0.5) is 0 Å². The van der Waals surface area contributed by atoms with Gasteiger partial charge in [0.2, 0.25) is 0 Å². The standard InChI is InChI=1S/C16H22N2O2/c1-4-13-10-14(5-2)18(17-13)11-16(19)12-6-8-15(20-3)9-7-12/h6-10,16,19H,4-5,11H2,1-3H3. The van der Waals surface area contributed by atoms with Crippen molar-refractivity contribution >= 4 is 0 Å². The summed E-state index contributed by atoms with van der Waals surface area (Å²) in [6.07, 6.45) is 1.27. The first kappa shape index (κ1) is 14.6. The van der Waals surface area contributed by atoms with Gasteiger partial charge in [0.25, 0.3) is 0 Å². The summed E-state index contributed by atoms with van der Waals surface area (Å²) in [4.78, 5) is 0. The summed E-state index contributed by atoms with van der Waals surface area (Å²) >= 11 is 0. The molecule has 1 atom stereocenters. The van der Waals surface area contributed by atoms with Gasteiger partial charge in [-0.25, -0.2) is 0 Å². The van der Waals surface area contributed by atoms with Crippen LogP contribution >= 0.6 is 0 Å². The molecule has 0 bridgehead atoms. The molecule has 1 N–H and O–H groups in total. The number of hydrogen-bond acceptors (Lipinski definition) is 3. The van der Waals surface area contributed by atoms with Crippen LogP contribution in [0.3, 0.4) is 0 Å². The molecule has 0 aliphatic heterocycles. The Bertz CT molecular complexity index is 546. The molecule has 1 aromatic carbocycles. The van der Waals surface area contributed by atoms with E-state index in [2.05, 4.69) is 25.0 Å². The molecule has 108 valence electrons. The smallest absolute Gasteiger partial charge is 0.118 e. The average molecular weight is 274 g/mol. The first-order valence-electron chi connectivity index (χ1n) is 7.05. The van der Waals surface area contributed by atoms with Crippen LogP contribution in [0.5, 0.6) is 5.75 Å². The van der Waals surface area contributed by atoms with Gasteiger partial charge in [0, 0.05) is 5.69 Å². The maximum Gasteiger partial charge on any atom is 0.118 e. The SMILES string of the molecule is CCc1cc(CC)n(CC(O)c2ccc(OC)cc2)n1. The van der Waals surface area contributed by atoms with Gasteiger partial charge in [-0.1, -0.05) is 26.0 Å². The van der Waals surface area contributed by atoms with Crippen molar-refractivity contribution in [1.82, 2.24) is 9.78 Å². The number of aliphatic hydroxyl groups is 1. The van der Waals surface area contributed by atoms with Gasteiger partial charge < -0.3 is 9.84 Å². The van der Waals surface area contributed by atoms with E-state index in [-0.39, 0.29) is 0 Å². The lowest BCUT2D eigenvalue weighted by atomic mass is 10.1. The van der Waals surface area contributed by atoms with Crippen molar-refractivity contribution in [3.05, 3.63) is 47.3 Å². The van der Waals surface area contributed by atoms with E-state index < -0.39 is 6.10 Å². The molecular formula is C16H22N2O2. The highest BCUT2D eigenvalue weighted by Crippen LogP contribution is 2.20. The van der Waals surface area contributed by atoms with E-state index in [1.165, 1.54) is 0 Å². The van der Waals surface area contributed by atoms with Crippen molar-refractivity contribution < 1.29 is 9.84 Å². The molecule has 1 heterocycles. The Hall–Kier alpha value is -1.81. The second-order valence-electron chi connectivity index (χ2n) is 4.81. The van der Waals surface area contributed by atoms with E-state index >= 15 is 0 Å². The van der Waals surface area contributed by atoms with Gasteiger partial charge in [0.1, 0.15) is 5.75 Å². The van der Waals surface area contributed by atoms with Crippen molar-refractivity contribution in [1.29, 1.82) is 0 Å². The highest BCUT2D eigenvalue weighted by molar-refractivity contribution is 5.28. The quantitative estimate of drug-likeness (QED) is 0.881. The Kier molecular flexibility index (Phi) is 4.79. The fourth-order valence-corrected chi connectivity index (χ4v) is 2.23. The fourth-order valence-electron chi connectivity index (χ4n) is 2.23. The van der Waals surface area contributed by atoms with Gasteiger partial charge in [-0.2, -0.15) is 5.10 Å². The predicted molar refractivity (Wildman–Crippen MR) is 78.9 cm³/mol. The second kappa shape index (κ2) is 6.57. The highest BCUT2D eigenvalue weighted by Gasteiger charge is 2.12. The number of rotatable bonds is 6. The van der Waals surface area contributed by atoms with Gasteiger partial charge in [-0.15, -0.1) is 0 Å². The zero-order chi connectivity index (χ0) is 14.5. The first-order valence-corrected chi connectivity index (χ1v) is 7.05. The molecule has 0 spiro atoms. The molecule has 2 rings (SSSR count). The van der Waals surface area contributed by atoms with E-state index in [0.717, 1.165) is 35.5 Å². The van der Waals surface area contributed by atoms with Gasteiger partial charge in [0.05, 0.1) is 25.5 Å².